The van der Waals surface area contributed by atoms with Crippen molar-refractivity contribution in [2.45, 2.75) is 24.5 Å². The summed E-state index contributed by atoms with van der Waals surface area (Å²) in [4.78, 5) is 13.1. The largest absolute Gasteiger partial charge is 0.467 e. The van der Waals surface area contributed by atoms with E-state index in [-0.39, 0.29) is 17.7 Å². The predicted octanol–water partition coefficient (Wildman–Crippen LogP) is 4.10. The third kappa shape index (κ3) is 3.50. The predicted molar refractivity (Wildman–Crippen MR) is 114 cm³/mol. The first-order chi connectivity index (χ1) is 14.7. The van der Waals surface area contributed by atoms with Crippen molar-refractivity contribution >= 4 is 29.0 Å². The highest BCUT2D eigenvalue weighted by Gasteiger charge is 2.34. The number of hydrazone groups is 1. The molecule has 4 heterocycles. The number of furan rings is 1. The summed E-state index contributed by atoms with van der Waals surface area (Å²) in [5.41, 5.74) is 3.83. The Morgan fingerprint density at radius 3 is 2.80 bits per heavy atom. The Morgan fingerprint density at radius 1 is 1.13 bits per heavy atom. The number of aryl methyl sites for hydroxylation is 1. The van der Waals surface area contributed by atoms with Gasteiger partial charge in [0.15, 0.2) is 10.8 Å². The van der Waals surface area contributed by atoms with E-state index in [4.69, 9.17) is 4.42 Å². The molecule has 1 unspecified atom stereocenters. The van der Waals surface area contributed by atoms with Gasteiger partial charge < -0.3 is 4.42 Å². The van der Waals surface area contributed by atoms with Crippen LogP contribution in [0, 0.1) is 6.92 Å². The number of benzene rings is 1. The number of rotatable bonds is 5. The highest BCUT2D eigenvalue weighted by molar-refractivity contribution is 7.99. The quantitative estimate of drug-likeness (QED) is 0.457. The van der Waals surface area contributed by atoms with Crippen molar-refractivity contribution in [2.24, 2.45) is 5.10 Å². The Labute approximate surface area is 177 Å². The van der Waals surface area contributed by atoms with Gasteiger partial charge in [0, 0.05) is 12.6 Å². The van der Waals surface area contributed by atoms with Gasteiger partial charge in [-0.15, -0.1) is 10.2 Å². The van der Waals surface area contributed by atoms with Crippen LogP contribution in [0.4, 0.5) is 0 Å². The Hall–Kier alpha value is -3.39. The smallest absolute Gasteiger partial charge is 0.253 e. The number of hydrogen-bond donors (Lipinski definition) is 0. The second kappa shape index (κ2) is 7.79. The van der Waals surface area contributed by atoms with Gasteiger partial charge in [-0.25, -0.2) is 5.01 Å². The third-order valence-electron chi connectivity index (χ3n) is 5.03. The molecule has 0 saturated heterocycles. The minimum absolute atomic E-state index is 0.101. The maximum atomic E-state index is 13.1. The first-order valence-electron chi connectivity index (χ1n) is 9.61. The summed E-state index contributed by atoms with van der Waals surface area (Å²) in [6.07, 6.45) is 4.12. The van der Waals surface area contributed by atoms with E-state index in [1.807, 2.05) is 60.0 Å². The van der Waals surface area contributed by atoms with Crippen LogP contribution in [-0.2, 0) is 4.79 Å². The van der Waals surface area contributed by atoms with E-state index in [0.29, 0.717) is 11.6 Å². The molecular formula is C22H19N5O2S. The molecule has 0 saturated carbocycles. The summed E-state index contributed by atoms with van der Waals surface area (Å²) < 4.78 is 7.48. The maximum absolute atomic E-state index is 13.1. The van der Waals surface area contributed by atoms with Gasteiger partial charge in [-0.1, -0.05) is 47.7 Å². The van der Waals surface area contributed by atoms with Crippen molar-refractivity contribution in [2.75, 3.05) is 5.75 Å². The normalized spacial score (nSPS) is 16.2. The van der Waals surface area contributed by atoms with E-state index in [1.165, 1.54) is 17.3 Å². The van der Waals surface area contributed by atoms with E-state index in [9.17, 15) is 4.79 Å². The lowest BCUT2D eigenvalue weighted by atomic mass is 10.0. The van der Waals surface area contributed by atoms with Gasteiger partial charge >= 0.3 is 0 Å². The fourth-order valence-corrected chi connectivity index (χ4v) is 4.25. The lowest BCUT2D eigenvalue weighted by Gasteiger charge is -2.19. The van der Waals surface area contributed by atoms with Crippen LogP contribution in [0.25, 0.3) is 5.65 Å². The van der Waals surface area contributed by atoms with Crippen molar-refractivity contribution in [3.8, 4) is 0 Å². The number of pyridine rings is 1. The van der Waals surface area contributed by atoms with Crippen LogP contribution >= 0.6 is 11.8 Å². The molecule has 0 bridgehead atoms. The van der Waals surface area contributed by atoms with E-state index >= 15 is 0 Å². The van der Waals surface area contributed by atoms with Crippen molar-refractivity contribution in [3.05, 3.63) is 83.9 Å². The van der Waals surface area contributed by atoms with Gasteiger partial charge in [0.2, 0.25) is 0 Å². The van der Waals surface area contributed by atoms with Crippen LogP contribution in [0.3, 0.4) is 0 Å². The zero-order chi connectivity index (χ0) is 20.5. The van der Waals surface area contributed by atoms with Crippen molar-refractivity contribution in [1.82, 2.24) is 19.6 Å². The van der Waals surface area contributed by atoms with Gasteiger partial charge in [-0.3, -0.25) is 9.20 Å². The molecular weight excluding hydrogens is 398 g/mol. The number of amides is 1. The van der Waals surface area contributed by atoms with E-state index < -0.39 is 0 Å². The Bertz CT molecular complexity index is 1210. The maximum Gasteiger partial charge on any atom is 0.253 e. The number of hydrogen-bond acceptors (Lipinski definition) is 6. The summed E-state index contributed by atoms with van der Waals surface area (Å²) in [7, 11) is 0. The lowest BCUT2D eigenvalue weighted by molar-refractivity contribution is -0.130. The van der Waals surface area contributed by atoms with Crippen molar-refractivity contribution < 1.29 is 9.21 Å². The van der Waals surface area contributed by atoms with Crippen molar-refractivity contribution in [3.63, 3.8) is 0 Å². The Balaban J connectivity index is 1.38. The Morgan fingerprint density at radius 2 is 2.00 bits per heavy atom. The van der Waals surface area contributed by atoms with Crippen LogP contribution in [0.1, 0.15) is 29.3 Å². The standard InChI is InChI=1S/C22H19N5O2S/c1-15-7-9-16(10-8-15)17-13-18(19-5-4-12-29-19)27(25-17)21(28)14-30-22-24-23-20-6-2-3-11-26(20)22/h2-12,18H,13-14H2,1H3. The second-order valence-electron chi connectivity index (χ2n) is 7.09. The molecule has 1 aromatic carbocycles. The number of aromatic nitrogens is 3. The average Bonchev–Trinajstić information content (AvgIpc) is 3.51. The molecule has 150 valence electrons. The lowest BCUT2D eigenvalue weighted by Crippen LogP contribution is -2.28. The summed E-state index contributed by atoms with van der Waals surface area (Å²) >= 11 is 1.35. The van der Waals surface area contributed by atoms with Gasteiger partial charge in [0.05, 0.1) is 17.7 Å². The molecule has 1 atom stereocenters. The molecule has 5 rings (SSSR count). The molecule has 1 aliphatic heterocycles. The number of carbonyl (C=O) groups is 1. The number of fused-ring (bicyclic) bond motifs is 1. The van der Waals surface area contributed by atoms with Gasteiger partial charge in [0.25, 0.3) is 5.91 Å². The highest BCUT2D eigenvalue weighted by Crippen LogP contribution is 2.34. The number of thioether (sulfide) groups is 1. The molecule has 8 heteroatoms. The molecule has 0 aliphatic carbocycles. The van der Waals surface area contributed by atoms with Crippen LogP contribution in [0.15, 0.2) is 81.7 Å². The SMILES string of the molecule is Cc1ccc(C2=NN(C(=O)CSc3nnc4ccccn34)C(c3ccco3)C2)cc1. The topological polar surface area (TPSA) is 76.0 Å². The number of nitrogens with zero attached hydrogens (tertiary/aromatic N) is 5. The van der Waals surface area contributed by atoms with E-state index in [1.54, 1.807) is 11.3 Å². The molecule has 4 aromatic rings. The van der Waals surface area contributed by atoms with Gasteiger partial charge in [0.1, 0.15) is 11.8 Å². The first-order valence-corrected chi connectivity index (χ1v) is 10.6. The second-order valence-corrected chi connectivity index (χ2v) is 8.03. The molecule has 0 fully saturated rings. The van der Waals surface area contributed by atoms with Crippen LogP contribution in [0.2, 0.25) is 0 Å². The minimum Gasteiger partial charge on any atom is -0.467 e. The highest BCUT2D eigenvalue weighted by atomic mass is 32.2. The molecule has 0 radical (unpaired) electrons. The Kier molecular flexibility index (Phi) is 4.84. The first kappa shape index (κ1) is 18.6. The zero-order valence-corrected chi connectivity index (χ0v) is 17.1. The molecule has 0 N–H and O–H groups in total. The van der Waals surface area contributed by atoms with Crippen molar-refractivity contribution in [1.29, 1.82) is 0 Å². The van der Waals surface area contributed by atoms with Crippen LogP contribution in [0.5, 0.6) is 0 Å². The molecule has 30 heavy (non-hydrogen) atoms. The molecule has 0 spiro atoms. The zero-order valence-electron chi connectivity index (χ0n) is 16.3. The fraction of sp³-hybridized carbons (Fsp3) is 0.182. The van der Waals surface area contributed by atoms with Gasteiger partial charge in [-0.2, -0.15) is 5.10 Å². The summed E-state index contributed by atoms with van der Waals surface area (Å²) in [6.45, 7) is 2.05. The van der Waals surface area contributed by atoms with Crippen LogP contribution < -0.4 is 0 Å². The summed E-state index contributed by atoms with van der Waals surface area (Å²) in [5.74, 6) is 0.834. The van der Waals surface area contributed by atoms with Gasteiger partial charge in [-0.05, 0) is 36.8 Å². The molecule has 3 aromatic heterocycles. The third-order valence-corrected chi connectivity index (χ3v) is 5.96. The fourth-order valence-electron chi connectivity index (χ4n) is 3.47. The summed E-state index contributed by atoms with van der Waals surface area (Å²) in [5, 5.41) is 15.2. The van der Waals surface area contributed by atoms with Crippen LogP contribution in [-0.4, -0.2) is 37.0 Å². The monoisotopic (exact) mass is 417 g/mol. The average molecular weight is 417 g/mol. The van der Waals surface area contributed by atoms with E-state index in [2.05, 4.69) is 27.4 Å². The summed E-state index contributed by atoms with van der Waals surface area (Å²) in [6, 6.07) is 17.3. The molecule has 1 amide bonds. The molecule has 1 aliphatic rings. The molecule has 7 nitrogen and oxygen atoms in total. The minimum atomic E-state index is -0.250. The number of carbonyl (C=O) groups excluding carboxylic acids is 1. The van der Waals surface area contributed by atoms with E-state index in [0.717, 1.165) is 22.7 Å².